The summed E-state index contributed by atoms with van der Waals surface area (Å²) in [7, 11) is 1.69. The number of rotatable bonds is 7. The number of fused-ring (bicyclic) bond motifs is 1. The van der Waals surface area contributed by atoms with Crippen molar-refractivity contribution in [3.8, 4) is 5.75 Å². The third kappa shape index (κ3) is 4.23. The zero-order chi connectivity index (χ0) is 18.4. The summed E-state index contributed by atoms with van der Waals surface area (Å²) in [5, 5.41) is 5.39. The molecule has 3 aromatic carbocycles. The summed E-state index contributed by atoms with van der Waals surface area (Å²) in [4.78, 5) is 11.6. The van der Waals surface area contributed by atoms with Crippen molar-refractivity contribution in [1.82, 2.24) is 5.32 Å². The zero-order valence-corrected chi connectivity index (χ0v) is 15.4. The summed E-state index contributed by atoms with van der Waals surface area (Å²) >= 11 is 0. The molecule has 0 heterocycles. The molecule has 3 aromatic rings. The summed E-state index contributed by atoms with van der Waals surface area (Å²) in [6, 6.07) is 21.0. The molecule has 1 N–H and O–H groups in total. The quantitative estimate of drug-likeness (QED) is 0.683. The molecule has 0 fully saturated rings. The van der Waals surface area contributed by atoms with E-state index in [0.29, 0.717) is 13.0 Å². The van der Waals surface area contributed by atoms with Crippen molar-refractivity contribution >= 4 is 16.7 Å². The molecule has 0 atom stereocenters. The smallest absolute Gasteiger partial charge is 0.219 e. The van der Waals surface area contributed by atoms with E-state index in [9.17, 15) is 4.79 Å². The van der Waals surface area contributed by atoms with E-state index in [1.165, 1.54) is 27.5 Å². The van der Waals surface area contributed by atoms with Crippen LogP contribution in [-0.2, 0) is 17.6 Å². The molecule has 0 unspecified atom stereocenters. The van der Waals surface area contributed by atoms with Crippen LogP contribution in [0, 0.1) is 0 Å². The summed E-state index contributed by atoms with van der Waals surface area (Å²) in [6.07, 6.45) is 2.20. The maximum absolute atomic E-state index is 11.6. The van der Waals surface area contributed by atoms with Gasteiger partial charge in [0.2, 0.25) is 5.91 Å². The van der Waals surface area contributed by atoms with Gasteiger partial charge in [0, 0.05) is 13.0 Å². The van der Waals surface area contributed by atoms with E-state index >= 15 is 0 Å². The van der Waals surface area contributed by atoms with Crippen molar-refractivity contribution in [1.29, 1.82) is 0 Å². The molecule has 26 heavy (non-hydrogen) atoms. The van der Waals surface area contributed by atoms with Gasteiger partial charge in [0.1, 0.15) is 5.75 Å². The van der Waals surface area contributed by atoms with Gasteiger partial charge in [0.05, 0.1) is 7.11 Å². The van der Waals surface area contributed by atoms with Crippen LogP contribution < -0.4 is 10.1 Å². The number of ether oxygens (including phenoxy) is 1. The number of hydrogen-bond donors (Lipinski definition) is 1. The lowest BCUT2D eigenvalue weighted by atomic mass is 9.92. The topological polar surface area (TPSA) is 38.3 Å². The lowest BCUT2D eigenvalue weighted by Gasteiger charge is -2.15. The molecule has 0 aliphatic carbocycles. The SMILES string of the molecule is CCC(=O)NCCc1c(Cc2ccccc2)ccc2ccc(OC)cc12. The molecule has 134 valence electrons. The average Bonchev–Trinajstić information content (AvgIpc) is 2.69. The van der Waals surface area contributed by atoms with Gasteiger partial charge in [-0.25, -0.2) is 0 Å². The number of carbonyl (C=O) groups is 1. The van der Waals surface area contributed by atoms with Gasteiger partial charge < -0.3 is 10.1 Å². The second kappa shape index (κ2) is 8.52. The Balaban J connectivity index is 1.98. The maximum atomic E-state index is 11.6. The van der Waals surface area contributed by atoms with Crippen LogP contribution in [0.5, 0.6) is 5.75 Å². The fourth-order valence-electron chi connectivity index (χ4n) is 3.26. The van der Waals surface area contributed by atoms with Gasteiger partial charge in [0.25, 0.3) is 0 Å². The minimum Gasteiger partial charge on any atom is -0.497 e. The van der Waals surface area contributed by atoms with Crippen molar-refractivity contribution in [3.63, 3.8) is 0 Å². The molecule has 0 saturated heterocycles. The van der Waals surface area contributed by atoms with E-state index in [2.05, 4.69) is 53.8 Å². The minimum absolute atomic E-state index is 0.0902. The largest absolute Gasteiger partial charge is 0.497 e. The molecule has 0 saturated carbocycles. The highest BCUT2D eigenvalue weighted by molar-refractivity contribution is 5.88. The van der Waals surface area contributed by atoms with Gasteiger partial charge in [-0.05, 0) is 52.4 Å². The van der Waals surface area contributed by atoms with Crippen molar-refractivity contribution in [2.75, 3.05) is 13.7 Å². The Morgan fingerprint density at radius 1 is 1.04 bits per heavy atom. The highest BCUT2D eigenvalue weighted by Gasteiger charge is 2.10. The first-order valence-corrected chi connectivity index (χ1v) is 9.10. The predicted molar refractivity (Wildman–Crippen MR) is 107 cm³/mol. The standard InChI is InChI=1S/C23H25NO2/c1-3-23(25)24-14-13-21-19(15-17-7-5-4-6-8-17)10-9-18-11-12-20(26-2)16-22(18)21/h4-12,16H,3,13-15H2,1-2H3,(H,24,25). The summed E-state index contributed by atoms with van der Waals surface area (Å²) in [6.45, 7) is 2.52. The lowest BCUT2D eigenvalue weighted by molar-refractivity contribution is -0.120. The Labute approximate surface area is 155 Å². The minimum atomic E-state index is 0.0902. The first kappa shape index (κ1) is 18.0. The first-order chi connectivity index (χ1) is 12.7. The van der Waals surface area contributed by atoms with E-state index in [4.69, 9.17) is 4.74 Å². The summed E-state index contributed by atoms with van der Waals surface area (Å²) in [5.41, 5.74) is 3.86. The van der Waals surface area contributed by atoms with Crippen LogP contribution in [0.15, 0.2) is 60.7 Å². The molecular formula is C23H25NO2. The lowest BCUT2D eigenvalue weighted by Crippen LogP contribution is -2.24. The Hall–Kier alpha value is -2.81. The van der Waals surface area contributed by atoms with Crippen LogP contribution in [-0.4, -0.2) is 19.6 Å². The van der Waals surface area contributed by atoms with E-state index in [1.54, 1.807) is 7.11 Å². The summed E-state index contributed by atoms with van der Waals surface area (Å²) in [5.74, 6) is 0.945. The van der Waals surface area contributed by atoms with E-state index in [1.807, 2.05) is 19.1 Å². The van der Waals surface area contributed by atoms with Gasteiger partial charge >= 0.3 is 0 Å². The fourth-order valence-corrected chi connectivity index (χ4v) is 3.26. The molecule has 0 radical (unpaired) electrons. The van der Waals surface area contributed by atoms with E-state index in [-0.39, 0.29) is 5.91 Å². The molecule has 0 aliphatic rings. The number of methoxy groups -OCH3 is 1. The molecule has 1 amide bonds. The molecule has 3 rings (SSSR count). The predicted octanol–water partition coefficient (Wildman–Crippen LogP) is 4.51. The van der Waals surface area contributed by atoms with Gasteiger partial charge in [-0.3, -0.25) is 4.79 Å². The van der Waals surface area contributed by atoms with Gasteiger partial charge in [-0.15, -0.1) is 0 Å². The van der Waals surface area contributed by atoms with Gasteiger partial charge in [0.15, 0.2) is 0 Å². The van der Waals surface area contributed by atoms with Crippen LogP contribution in [0.2, 0.25) is 0 Å². The normalized spacial score (nSPS) is 10.7. The average molecular weight is 347 g/mol. The Kier molecular flexibility index (Phi) is 5.90. The first-order valence-electron chi connectivity index (χ1n) is 9.10. The number of benzene rings is 3. The van der Waals surface area contributed by atoms with Crippen molar-refractivity contribution in [2.24, 2.45) is 0 Å². The van der Waals surface area contributed by atoms with Crippen LogP contribution in [0.3, 0.4) is 0 Å². The van der Waals surface area contributed by atoms with Crippen molar-refractivity contribution in [3.05, 3.63) is 77.4 Å². The van der Waals surface area contributed by atoms with Gasteiger partial charge in [-0.2, -0.15) is 0 Å². The highest BCUT2D eigenvalue weighted by atomic mass is 16.5. The highest BCUT2D eigenvalue weighted by Crippen LogP contribution is 2.28. The molecule has 0 aromatic heterocycles. The molecular weight excluding hydrogens is 322 g/mol. The molecule has 0 aliphatic heterocycles. The van der Waals surface area contributed by atoms with Crippen LogP contribution >= 0.6 is 0 Å². The Bertz CT molecular complexity index is 887. The second-order valence-corrected chi connectivity index (χ2v) is 6.41. The second-order valence-electron chi connectivity index (χ2n) is 6.41. The molecule has 3 nitrogen and oxygen atoms in total. The zero-order valence-electron chi connectivity index (χ0n) is 15.4. The van der Waals surface area contributed by atoms with Crippen molar-refractivity contribution < 1.29 is 9.53 Å². The fraction of sp³-hybridized carbons (Fsp3) is 0.261. The number of nitrogens with one attached hydrogen (secondary N) is 1. The van der Waals surface area contributed by atoms with Gasteiger partial charge in [-0.1, -0.05) is 55.5 Å². The van der Waals surface area contributed by atoms with Crippen LogP contribution in [0.1, 0.15) is 30.0 Å². The Morgan fingerprint density at radius 2 is 1.81 bits per heavy atom. The van der Waals surface area contributed by atoms with E-state index in [0.717, 1.165) is 18.6 Å². The molecule has 0 spiro atoms. The third-order valence-corrected chi connectivity index (χ3v) is 4.69. The van der Waals surface area contributed by atoms with Crippen LogP contribution in [0.25, 0.3) is 10.8 Å². The summed E-state index contributed by atoms with van der Waals surface area (Å²) < 4.78 is 5.43. The van der Waals surface area contributed by atoms with E-state index < -0.39 is 0 Å². The van der Waals surface area contributed by atoms with Crippen molar-refractivity contribution in [2.45, 2.75) is 26.2 Å². The Morgan fingerprint density at radius 3 is 2.54 bits per heavy atom. The third-order valence-electron chi connectivity index (χ3n) is 4.69. The number of hydrogen-bond acceptors (Lipinski definition) is 2. The molecule has 3 heteroatoms. The maximum Gasteiger partial charge on any atom is 0.219 e. The monoisotopic (exact) mass is 347 g/mol. The number of amides is 1. The molecule has 0 bridgehead atoms. The van der Waals surface area contributed by atoms with Crippen LogP contribution in [0.4, 0.5) is 0 Å². The number of carbonyl (C=O) groups excluding carboxylic acids is 1.